The first kappa shape index (κ1) is 20.8. The number of nitrogens with one attached hydrogen (secondary N) is 2. The zero-order chi connectivity index (χ0) is 21.9. The SMILES string of the molecule is O=[N+]([O-])c1ccc(N2CCC[C@H](N[C@@H]3CCCC[C@H]3Nc3nc4ccccc4o3)C2)cc1. The van der Waals surface area contributed by atoms with Crippen molar-refractivity contribution in [3.8, 4) is 0 Å². The highest BCUT2D eigenvalue weighted by atomic mass is 16.6. The lowest BCUT2D eigenvalue weighted by Crippen LogP contribution is -2.54. The molecule has 2 aliphatic rings. The van der Waals surface area contributed by atoms with Gasteiger partial charge in [0.15, 0.2) is 5.58 Å². The molecule has 168 valence electrons. The van der Waals surface area contributed by atoms with Gasteiger partial charge in [-0.2, -0.15) is 4.98 Å². The van der Waals surface area contributed by atoms with Crippen molar-refractivity contribution >= 4 is 28.5 Å². The van der Waals surface area contributed by atoms with Crippen LogP contribution >= 0.6 is 0 Å². The number of para-hydroxylation sites is 2. The van der Waals surface area contributed by atoms with Crippen LogP contribution < -0.4 is 15.5 Å². The molecular weight excluding hydrogens is 406 g/mol. The van der Waals surface area contributed by atoms with Gasteiger partial charge in [0.25, 0.3) is 11.7 Å². The van der Waals surface area contributed by atoms with Crippen LogP contribution in [-0.4, -0.2) is 41.1 Å². The van der Waals surface area contributed by atoms with E-state index in [-0.39, 0.29) is 16.7 Å². The molecule has 0 amide bonds. The predicted molar refractivity (Wildman–Crippen MR) is 125 cm³/mol. The highest BCUT2D eigenvalue weighted by Gasteiger charge is 2.30. The van der Waals surface area contributed by atoms with E-state index < -0.39 is 0 Å². The number of benzene rings is 2. The molecular formula is C24H29N5O3. The van der Waals surface area contributed by atoms with Crippen LogP contribution in [0.3, 0.4) is 0 Å². The summed E-state index contributed by atoms with van der Waals surface area (Å²) in [4.78, 5) is 17.5. The third kappa shape index (κ3) is 4.55. The molecule has 1 aromatic heterocycles. The third-order valence-electron chi connectivity index (χ3n) is 6.67. The summed E-state index contributed by atoms with van der Waals surface area (Å²) in [5.41, 5.74) is 2.87. The van der Waals surface area contributed by atoms with E-state index in [1.54, 1.807) is 12.1 Å². The molecule has 2 aromatic carbocycles. The van der Waals surface area contributed by atoms with Crippen molar-refractivity contribution in [1.29, 1.82) is 0 Å². The maximum absolute atomic E-state index is 10.9. The molecule has 2 fully saturated rings. The lowest BCUT2D eigenvalue weighted by atomic mass is 9.89. The molecule has 8 heteroatoms. The number of piperidine rings is 1. The van der Waals surface area contributed by atoms with Crippen LogP contribution in [0.25, 0.3) is 11.1 Å². The molecule has 3 aromatic rings. The number of oxazole rings is 1. The Morgan fingerprint density at radius 2 is 1.78 bits per heavy atom. The van der Waals surface area contributed by atoms with E-state index in [9.17, 15) is 10.1 Å². The van der Waals surface area contributed by atoms with Crippen molar-refractivity contribution in [2.24, 2.45) is 0 Å². The lowest BCUT2D eigenvalue weighted by Gasteiger charge is -2.40. The van der Waals surface area contributed by atoms with Crippen LogP contribution in [0, 0.1) is 10.1 Å². The monoisotopic (exact) mass is 435 g/mol. The van der Waals surface area contributed by atoms with Gasteiger partial charge in [0, 0.05) is 49.0 Å². The quantitative estimate of drug-likeness (QED) is 0.427. The lowest BCUT2D eigenvalue weighted by molar-refractivity contribution is -0.384. The Labute approximate surface area is 187 Å². The van der Waals surface area contributed by atoms with Crippen LogP contribution in [0.5, 0.6) is 0 Å². The summed E-state index contributed by atoms with van der Waals surface area (Å²) in [6, 6.07) is 16.4. The van der Waals surface area contributed by atoms with Crippen molar-refractivity contribution in [2.75, 3.05) is 23.3 Å². The van der Waals surface area contributed by atoms with Gasteiger partial charge in [0.05, 0.1) is 4.92 Å². The van der Waals surface area contributed by atoms with Gasteiger partial charge < -0.3 is 20.0 Å². The average Bonchev–Trinajstić information content (AvgIpc) is 3.23. The van der Waals surface area contributed by atoms with Crippen molar-refractivity contribution in [3.05, 3.63) is 58.6 Å². The number of aromatic nitrogens is 1. The Bertz CT molecular complexity index is 1030. The zero-order valence-electron chi connectivity index (χ0n) is 18.1. The number of hydrogen-bond acceptors (Lipinski definition) is 7. The number of anilines is 2. The van der Waals surface area contributed by atoms with Gasteiger partial charge in [-0.05, 0) is 49.9 Å². The van der Waals surface area contributed by atoms with Gasteiger partial charge in [-0.1, -0.05) is 25.0 Å². The molecule has 2 heterocycles. The number of nitrogens with zero attached hydrogens (tertiary/aromatic N) is 3. The fourth-order valence-corrected chi connectivity index (χ4v) is 5.03. The summed E-state index contributed by atoms with van der Waals surface area (Å²) >= 11 is 0. The molecule has 2 N–H and O–H groups in total. The maximum atomic E-state index is 10.9. The van der Waals surface area contributed by atoms with Gasteiger partial charge in [-0.3, -0.25) is 10.1 Å². The summed E-state index contributed by atoms with van der Waals surface area (Å²) < 4.78 is 5.90. The summed E-state index contributed by atoms with van der Waals surface area (Å²) in [6.07, 6.45) is 6.89. The minimum atomic E-state index is -0.350. The number of non-ortho nitro benzene ring substituents is 1. The molecule has 32 heavy (non-hydrogen) atoms. The molecule has 0 radical (unpaired) electrons. The predicted octanol–water partition coefficient (Wildman–Crippen LogP) is 4.72. The van der Waals surface area contributed by atoms with E-state index in [4.69, 9.17) is 4.42 Å². The van der Waals surface area contributed by atoms with Gasteiger partial charge in [0.2, 0.25) is 0 Å². The Morgan fingerprint density at radius 1 is 1.00 bits per heavy atom. The van der Waals surface area contributed by atoms with Gasteiger partial charge in [-0.15, -0.1) is 0 Å². The normalized spacial score (nSPS) is 23.9. The number of rotatable bonds is 6. The van der Waals surface area contributed by atoms with Crippen LogP contribution in [0.4, 0.5) is 17.4 Å². The van der Waals surface area contributed by atoms with E-state index in [1.807, 2.05) is 36.4 Å². The second-order valence-corrected chi connectivity index (χ2v) is 8.85. The van der Waals surface area contributed by atoms with Gasteiger partial charge in [-0.25, -0.2) is 0 Å². The van der Waals surface area contributed by atoms with Gasteiger partial charge >= 0.3 is 0 Å². The second-order valence-electron chi connectivity index (χ2n) is 8.85. The minimum Gasteiger partial charge on any atom is -0.424 e. The summed E-state index contributed by atoms with van der Waals surface area (Å²) in [7, 11) is 0. The minimum absolute atomic E-state index is 0.135. The highest BCUT2D eigenvalue weighted by Crippen LogP contribution is 2.27. The number of nitro groups is 1. The molecule has 0 bridgehead atoms. The molecule has 1 saturated carbocycles. The van der Waals surface area contributed by atoms with Crippen molar-refractivity contribution in [1.82, 2.24) is 10.3 Å². The average molecular weight is 436 g/mol. The van der Waals surface area contributed by atoms with E-state index >= 15 is 0 Å². The van der Waals surface area contributed by atoms with Gasteiger partial charge in [0.1, 0.15) is 5.52 Å². The Morgan fingerprint density at radius 3 is 2.56 bits per heavy atom. The number of hydrogen-bond donors (Lipinski definition) is 2. The topological polar surface area (TPSA) is 96.5 Å². The summed E-state index contributed by atoms with van der Waals surface area (Å²) in [5.74, 6) is 0. The van der Waals surface area contributed by atoms with Crippen LogP contribution in [0.1, 0.15) is 38.5 Å². The zero-order valence-corrected chi connectivity index (χ0v) is 18.1. The Hall–Kier alpha value is -3.13. The third-order valence-corrected chi connectivity index (χ3v) is 6.67. The van der Waals surface area contributed by atoms with E-state index in [0.717, 1.165) is 55.6 Å². The summed E-state index contributed by atoms with van der Waals surface area (Å²) in [5, 5.41) is 18.4. The Balaban J connectivity index is 1.23. The largest absolute Gasteiger partial charge is 0.424 e. The number of nitro benzene ring substituents is 1. The molecule has 1 saturated heterocycles. The van der Waals surface area contributed by atoms with E-state index in [2.05, 4.69) is 20.5 Å². The first-order valence-electron chi connectivity index (χ1n) is 11.5. The van der Waals surface area contributed by atoms with E-state index in [0.29, 0.717) is 18.1 Å². The summed E-state index contributed by atoms with van der Waals surface area (Å²) in [6.45, 7) is 1.88. The fourth-order valence-electron chi connectivity index (χ4n) is 5.03. The van der Waals surface area contributed by atoms with Crippen molar-refractivity contribution in [3.63, 3.8) is 0 Å². The molecule has 5 rings (SSSR count). The smallest absolute Gasteiger partial charge is 0.295 e. The maximum Gasteiger partial charge on any atom is 0.295 e. The molecule has 8 nitrogen and oxygen atoms in total. The van der Waals surface area contributed by atoms with Crippen LogP contribution in [0.15, 0.2) is 52.9 Å². The Kier molecular flexibility index (Phi) is 5.94. The highest BCUT2D eigenvalue weighted by molar-refractivity contribution is 5.74. The number of fused-ring (bicyclic) bond motifs is 1. The van der Waals surface area contributed by atoms with E-state index in [1.165, 1.54) is 12.8 Å². The standard InChI is InChI=1S/C24H29N5O3/c30-29(31)19-13-11-18(12-14-19)28-15-5-6-17(16-28)25-20-7-1-2-8-21(20)26-24-27-22-9-3-4-10-23(22)32-24/h3-4,9-14,17,20-21,25H,1-2,5-8,15-16H2,(H,26,27)/t17-,20+,21+/m0/s1. The fraction of sp³-hybridized carbons (Fsp3) is 0.458. The van der Waals surface area contributed by atoms with Crippen molar-refractivity contribution in [2.45, 2.75) is 56.7 Å². The molecule has 3 atom stereocenters. The molecule has 1 aliphatic carbocycles. The van der Waals surface area contributed by atoms with Crippen molar-refractivity contribution < 1.29 is 9.34 Å². The molecule has 0 unspecified atom stereocenters. The first-order chi connectivity index (χ1) is 15.7. The first-order valence-corrected chi connectivity index (χ1v) is 11.5. The molecule has 0 spiro atoms. The van der Waals surface area contributed by atoms with Crippen LogP contribution in [0.2, 0.25) is 0 Å². The molecule has 1 aliphatic heterocycles. The second kappa shape index (κ2) is 9.16. The van der Waals surface area contributed by atoms with Crippen LogP contribution in [-0.2, 0) is 0 Å².